The number of hydrogen-bond acceptors (Lipinski definition) is 7. The average Bonchev–Trinajstić information content (AvgIpc) is 3.38. The number of aliphatic hydroxyl groups excluding tert-OH is 1. The fraction of sp³-hybridized carbons (Fsp3) is 0.414. The molecule has 9 nitrogen and oxygen atoms in total. The van der Waals surface area contributed by atoms with Gasteiger partial charge in [-0.05, 0) is 47.7 Å². The molecule has 0 aromatic heterocycles. The molecule has 2 unspecified atom stereocenters. The number of ether oxygens (including phenoxy) is 3. The Morgan fingerprint density at radius 3 is 2.50 bits per heavy atom. The van der Waals surface area contributed by atoms with Gasteiger partial charge in [-0.25, -0.2) is 4.79 Å². The second-order valence-electron chi connectivity index (χ2n) is 9.41. The number of likely N-dealkylation sites (tertiary alicyclic amines) is 1. The molecule has 0 saturated carbocycles. The van der Waals surface area contributed by atoms with Gasteiger partial charge >= 0.3 is 5.97 Å². The van der Waals surface area contributed by atoms with Crippen LogP contribution in [0.2, 0.25) is 0 Å². The number of aliphatic hydroxyl groups is 1. The number of nitrogens with one attached hydrogen (secondary N) is 1. The molecule has 2 aromatic carbocycles. The molecule has 2 amide bonds. The van der Waals surface area contributed by atoms with Crippen LogP contribution in [-0.2, 0) is 37.0 Å². The number of hydrogen-bond donors (Lipinski definition) is 2. The molecule has 0 aliphatic carbocycles. The maximum Gasteiger partial charge on any atom is 0.337 e. The van der Waals surface area contributed by atoms with Crippen molar-refractivity contribution in [2.45, 2.75) is 51.1 Å². The number of carbonyl (C=O) groups is 3. The van der Waals surface area contributed by atoms with E-state index in [4.69, 9.17) is 14.2 Å². The minimum absolute atomic E-state index is 0.0269. The molecule has 2 aromatic rings. The highest BCUT2D eigenvalue weighted by Gasteiger charge is 2.29. The maximum atomic E-state index is 13.0. The Hall–Kier alpha value is -3.69. The van der Waals surface area contributed by atoms with Crippen molar-refractivity contribution in [1.82, 2.24) is 10.2 Å². The number of methoxy groups -OCH3 is 1. The van der Waals surface area contributed by atoms with E-state index in [0.29, 0.717) is 37.9 Å². The molecule has 0 bridgehead atoms. The molecular weight excluding hydrogens is 488 g/mol. The number of carbonyl (C=O) groups excluding carboxylic acids is 3. The second-order valence-corrected chi connectivity index (χ2v) is 9.41. The first-order chi connectivity index (χ1) is 18.5. The molecule has 4 rings (SSSR count). The largest absolute Gasteiger partial charge is 0.465 e. The molecule has 2 atom stereocenters. The number of nitrogens with zero attached hydrogens (tertiary/aromatic N) is 1. The van der Waals surface area contributed by atoms with E-state index >= 15 is 0 Å². The molecular formula is C29H34N2O7. The summed E-state index contributed by atoms with van der Waals surface area (Å²) in [6, 6.07) is 14.5. The lowest BCUT2D eigenvalue weighted by Crippen LogP contribution is -2.34. The van der Waals surface area contributed by atoms with Crippen LogP contribution in [0.3, 0.4) is 0 Å². The summed E-state index contributed by atoms with van der Waals surface area (Å²) >= 11 is 0. The summed E-state index contributed by atoms with van der Waals surface area (Å²) in [6.45, 7) is 2.07. The second kappa shape index (κ2) is 13.2. The normalized spacial score (nSPS) is 19.1. The number of allylic oxidation sites excluding steroid dienone is 1. The highest BCUT2D eigenvalue weighted by Crippen LogP contribution is 2.32. The minimum Gasteiger partial charge on any atom is -0.465 e. The van der Waals surface area contributed by atoms with Gasteiger partial charge in [0.15, 0.2) is 5.76 Å². The van der Waals surface area contributed by atoms with Crippen molar-refractivity contribution in [2.24, 2.45) is 0 Å². The van der Waals surface area contributed by atoms with E-state index in [-0.39, 0.29) is 36.7 Å². The van der Waals surface area contributed by atoms with E-state index < -0.39 is 12.3 Å². The van der Waals surface area contributed by atoms with Crippen molar-refractivity contribution in [1.29, 1.82) is 0 Å². The summed E-state index contributed by atoms with van der Waals surface area (Å²) in [6.07, 6.45) is 3.75. The van der Waals surface area contributed by atoms with Gasteiger partial charge in [-0.3, -0.25) is 9.59 Å². The molecule has 2 aliphatic rings. The Morgan fingerprint density at radius 2 is 1.84 bits per heavy atom. The molecule has 2 heterocycles. The van der Waals surface area contributed by atoms with Crippen molar-refractivity contribution in [3.63, 3.8) is 0 Å². The van der Waals surface area contributed by atoms with Gasteiger partial charge < -0.3 is 29.5 Å². The van der Waals surface area contributed by atoms with Gasteiger partial charge in [-0.15, -0.1) is 0 Å². The van der Waals surface area contributed by atoms with Gasteiger partial charge in [0.2, 0.25) is 12.2 Å². The first kappa shape index (κ1) is 27.3. The van der Waals surface area contributed by atoms with Crippen molar-refractivity contribution < 1.29 is 33.7 Å². The Labute approximate surface area is 222 Å². The van der Waals surface area contributed by atoms with Crippen LogP contribution in [0, 0.1) is 0 Å². The summed E-state index contributed by atoms with van der Waals surface area (Å²) in [5.74, 6) is -0.573. The SMILES string of the molecule is COC(=O)c1ccc(C2C=C(C(=O)NCCCN3CCCC3=O)OC(OCc3ccc(CO)cc3)C2)cc1. The fourth-order valence-electron chi connectivity index (χ4n) is 4.56. The summed E-state index contributed by atoms with van der Waals surface area (Å²) in [5, 5.41) is 12.1. The van der Waals surface area contributed by atoms with E-state index in [9.17, 15) is 19.5 Å². The molecule has 0 radical (unpaired) electrons. The van der Waals surface area contributed by atoms with Crippen LogP contribution in [0.4, 0.5) is 0 Å². The maximum absolute atomic E-state index is 13.0. The molecule has 38 heavy (non-hydrogen) atoms. The Kier molecular flexibility index (Phi) is 9.51. The minimum atomic E-state index is -0.661. The number of amides is 2. The molecule has 2 N–H and O–H groups in total. The third-order valence-electron chi connectivity index (χ3n) is 6.74. The lowest BCUT2D eigenvalue weighted by atomic mass is 9.92. The lowest BCUT2D eigenvalue weighted by molar-refractivity contribution is -0.150. The van der Waals surface area contributed by atoms with Gasteiger partial charge in [0.25, 0.3) is 5.91 Å². The van der Waals surface area contributed by atoms with Crippen LogP contribution >= 0.6 is 0 Å². The average molecular weight is 523 g/mol. The third kappa shape index (κ3) is 7.20. The fourth-order valence-corrected chi connectivity index (χ4v) is 4.56. The molecule has 0 spiro atoms. The van der Waals surface area contributed by atoms with Crippen molar-refractivity contribution in [2.75, 3.05) is 26.7 Å². The quantitative estimate of drug-likeness (QED) is 0.344. The lowest BCUT2D eigenvalue weighted by Gasteiger charge is -2.29. The van der Waals surface area contributed by atoms with Crippen molar-refractivity contribution in [3.8, 4) is 0 Å². The topological polar surface area (TPSA) is 114 Å². The molecule has 2 aliphatic heterocycles. The van der Waals surface area contributed by atoms with Crippen LogP contribution in [0.25, 0.3) is 0 Å². The Balaban J connectivity index is 1.41. The van der Waals surface area contributed by atoms with Crippen molar-refractivity contribution >= 4 is 17.8 Å². The van der Waals surface area contributed by atoms with E-state index in [1.165, 1.54) is 7.11 Å². The first-order valence-electron chi connectivity index (χ1n) is 12.9. The zero-order valence-electron chi connectivity index (χ0n) is 21.6. The van der Waals surface area contributed by atoms with Gasteiger partial charge in [0.1, 0.15) is 0 Å². The van der Waals surface area contributed by atoms with Gasteiger partial charge in [-0.2, -0.15) is 0 Å². The van der Waals surface area contributed by atoms with Crippen molar-refractivity contribution in [3.05, 3.63) is 82.6 Å². The van der Waals surface area contributed by atoms with E-state index in [1.54, 1.807) is 18.2 Å². The standard InChI is InChI=1S/C29H34N2O7/c1-36-29(35)23-11-9-22(10-12-23)24-16-25(28(34)30-13-3-15-31-14-2-4-26(31)33)38-27(17-24)37-19-21-7-5-20(18-32)6-8-21/h5-12,16,24,27,32H,2-4,13-15,17-19H2,1H3,(H,30,34). The molecule has 1 saturated heterocycles. The Morgan fingerprint density at radius 1 is 1.11 bits per heavy atom. The highest BCUT2D eigenvalue weighted by molar-refractivity contribution is 5.92. The predicted octanol–water partition coefficient (Wildman–Crippen LogP) is 3.02. The summed E-state index contributed by atoms with van der Waals surface area (Å²) in [7, 11) is 1.34. The number of benzene rings is 2. The van der Waals surface area contributed by atoms with Gasteiger partial charge in [0.05, 0.1) is 25.9 Å². The number of esters is 1. The van der Waals surface area contributed by atoms with Gasteiger partial charge in [-0.1, -0.05) is 36.4 Å². The molecule has 202 valence electrons. The first-order valence-corrected chi connectivity index (χ1v) is 12.9. The van der Waals surface area contributed by atoms with Crippen LogP contribution in [0.15, 0.2) is 60.4 Å². The smallest absolute Gasteiger partial charge is 0.337 e. The zero-order chi connectivity index (χ0) is 26.9. The molecule has 1 fully saturated rings. The van der Waals surface area contributed by atoms with E-state index in [2.05, 4.69) is 5.32 Å². The molecule has 9 heteroatoms. The van der Waals surface area contributed by atoms with Crippen LogP contribution in [0.1, 0.15) is 58.6 Å². The third-order valence-corrected chi connectivity index (χ3v) is 6.74. The van der Waals surface area contributed by atoms with Gasteiger partial charge in [0, 0.05) is 38.4 Å². The summed E-state index contributed by atoms with van der Waals surface area (Å²) in [5.41, 5.74) is 3.09. The van der Waals surface area contributed by atoms with Crippen LogP contribution in [0.5, 0.6) is 0 Å². The zero-order valence-corrected chi connectivity index (χ0v) is 21.6. The number of rotatable bonds is 11. The van der Waals surface area contributed by atoms with E-state index in [1.807, 2.05) is 41.3 Å². The summed E-state index contributed by atoms with van der Waals surface area (Å²) < 4.78 is 16.8. The Bertz CT molecular complexity index is 1140. The highest BCUT2D eigenvalue weighted by atomic mass is 16.7. The predicted molar refractivity (Wildman–Crippen MR) is 139 cm³/mol. The monoisotopic (exact) mass is 522 g/mol. The summed E-state index contributed by atoms with van der Waals surface area (Å²) in [4.78, 5) is 38.4. The van der Waals surface area contributed by atoms with Crippen LogP contribution < -0.4 is 5.32 Å². The van der Waals surface area contributed by atoms with Crippen LogP contribution in [-0.4, -0.2) is 60.8 Å². The van der Waals surface area contributed by atoms with E-state index in [0.717, 1.165) is 29.7 Å².